The Bertz CT molecular complexity index is 431. The van der Waals surface area contributed by atoms with E-state index in [9.17, 15) is 4.79 Å². The van der Waals surface area contributed by atoms with Crippen molar-refractivity contribution in [2.75, 3.05) is 5.32 Å². The zero-order valence-corrected chi connectivity index (χ0v) is 12.2. The molecule has 0 radical (unpaired) electrons. The van der Waals surface area contributed by atoms with Gasteiger partial charge >= 0.3 is 0 Å². The lowest BCUT2D eigenvalue weighted by molar-refractivity contribution is -0.118. The highest BCUT2D eigenvalue weighted by Gasteiger charge is 2.22. The second-order valence-electron chi connectivity index (χ2n) is 3.86. The van der Waals surface area contributed by atoms with Gasteiger partial charge in [0, 0.05) is 9.26 Å². The average molecular weight is 361 g/mol. The van der Waals surface area contributed by atoms with E-state index < -0.39 is 5.92 Å². The lowest BCUT2D eigenvalue weighted by Gasteiger charge is -2.14. The number of rotatable bonds is 5. The number of carbonyl (C=O) groups is 1. The first-order valence-electron chi connectivity index (χ1n) is 5.62. The summed E-state index contributed by atoms with van der Waals surface area (Å²) in [5.41, 5.74) is 6.22. The zero-order valence-electron chi connectivity index (χ0n) is 10.1. The summed E-state index contributed by atoms with van der Waals surface area (Å²) in [6.45, 7) is 1.94. The summed E-state index contributed by atoms with van der Waals surface area (Å²) >= 11 is 2.19. The van der Waals surface area contributed by atoms with Gasteiger partial charge in [0.25, 0.3) is 0 Å². The molecule has 0 saturated carbocycles. The van der Waals surface area contributed by atoms with Crippen LogP contribution in [0, 0.1) is 9.49 Å². The molecule has 98 valence electrons. The van der Waals surface area contributed by atoms with Crippen molar-refractivity contribution in [2.45, 2.75) is 19.8 Å². The monoisotopic (exact) mass is 361 g/mol. The van der Waals surface area contributed by atoms with Crippen LogP contribution in [0.3, 0.4) is 0 Å². The first-order chi connectivity index (χ1) is 8.58. The first-order valence-corrected chi connectivity index (χ1v) is 6.70. The van der Waals surface area contributed by atoms with Crippen LogP contribution in [0.25, 0.3) is 0 Å². The molecule has 6 heteroatoms. The van der Waals surface area contributed by atoms with E-state index in [0.29, 0.717) is 12.1 Å². The number of oxime groups is 1. The Hall–Kier alpha value is -1.31. The van der Waals surface area contributed by atoms with E-state index in [1.165, 1.54) is 0 Å². The molecular weight excluding hydrogens is 345 g/mol. The third kappa shape index (κ3) is 4.17. The van der Waals surface area contributed by atoms with Crippen molar-refractivity contribution >= 4 is 40.0 Å². The van der Waals surface area contributed by atoms with Gasteiger partial charge in [0.1, 0.15) is 0 Å². The number of amides is 1. The molecule has 18 heavy (non-hydrogen) atoms. The Labute approximate surface area is 120 Å². The predicted octanol–water partition coefficient (Wildman–Crippen LogP) is 2.39. The van der Waals surface area contributed by atoms with Crippen LogP contribution in [0.4, 0.5) is 5.69 Å². The molecule has 0 aliphatic carbocycles. The van der Waals surface area contributed by atoms with E-state index in [-0.39, 0.29) is 11.7 Å². The molecule has 4 N–H and O–H groups in total. The molecule has 0 saturated heterocycles. The molecule has 0 aromatic heterocycles. The number of hydrogen-bond acceptors (Lipinski definition) is 3. The van der Waals surface area contributed by atoms with Crippen LogP contribution in [0.5, 0.6) is 0 Å². The number of carbonyl (C=O) groups excluding carboxylic acids is 1. The summed E-state index contributed by atoms with van der Waals surface area (Å²) in [4.78, 5) is 12.0. The first kappa shape index (κ1) is 14.7. The Kier molecular flexibility index (Phi) is 5.90. The van der Waals surface area contributed by atoms with Gasteiger partial charge < -0.3 is 16.3 Å². The van der Waals surface area contributed by atoms with E-state index in [1.807, 2.05) is 31.2 Å². The van der Waals surface area contributed by atoms with E-state index in [2.05, 4.69) is 33.1 Å². The fourth-order valence-corrected chi connectivity index (χ4v) is 1.89. The maximum atomic E-state index is 12.0. The number of nitrogens with one attached hydrogen (secondary N) is 1. The smallest absolute Gasteiger partial charge is 0.235 e. The van der Waals surface area contributed by atoms with Gasteiger partial charge in [-0.05, 0) is 53.3 Å². The molecule has 0 bridgehead atoms. The molecule has 0 aliphatic rings. The molecule has 0 aliphatic heterocycles. The SMILES string of the molecule is CCCC(C(=O)Nc1ccc(I)cc1)/C(N)=N/O. The van der Waals surface area contributed by atoms with Crippen LogP contribution in [0.2, 0.25) is 0 Å². The van der Waals surface area contributed by atoms with Gasteiger partial charge in [-0.15, -0.1) is 0 Å². The quantitative estimate of drug-likeness (QED) is 0.247. The second kappa shape index (κ2) is 7.20. The highest BCUT2D eigenvalue weighted by Crippen LogP contribution is 2.14. The lowest BCUT2D eigenvalue weighted by atomic mass is 10.0. The highest BCUT2D eigenvalue weighted by molar-refractivity contribution is 14.1. The molecule has 5 nitrogen and oxygen atoms in total. The van der Waals surface area contributed by atoms with Crippen molar-refractivity contribution in [1.82, 2.24) is 0 Å². The summed E-state index contributed by atoms with van der Waals surface area (Å²) in [6, 6.07) is 7.42. The highest BCUT2D eigenvalue weighted by atomic mass is 127. The number of nitrogens with two attached hydrogens (primary N) is 1. The Morgan fingerprint density at radius 3 is 2.61 bits per heavy atom. The molecule has 1 aromatic rings. The summed E-state index contributed by atoms with van der Waals surface area (Å²) in [5, 5.41) is 14.3. The van der Waals surface area contributed by atoms with E-state index in [4.69, 9.17) is 10.9 Å². The Morgan fingerprint density at radius 1 is 1.50 bits per heavy atom. The molecule has 1 aromatic carbocycles. The van der Waals surface area contributed by atoms with Crippen molar-refractivity contribution in [2.24, 2.45) is 16.8 Å². The number of amidine groups is 1. The van der Waals surface area contributed by atoms with Crippen LogP contribution in [0.1, 0.15) is 19.8 Å². The lowest BCUT2D eigenvalue weighted by Crippen LogP contribution is -2.34. The van der Waals surface area contributed by atoms with Crippen LogP contribution in [-0.4, -0.2) is 17.0 Å². The van der Waals surface area contributed by atoms with Crippen LogP contribution >= 0.6 is 22.6 Å². The third-order valence-electron chi connectivity index (χ3n) is 2.48. The molecule has 1 rings (SSSR count). The van der Waals surface area contributed by atoms with Gasteiger partial charge in [-0.2, -0.15) is 0 Å². The molecule has 0 spiro atoms. The number of nitrogens with zero attached hydrogens (tertiary/aromatic N) is 1. The molecule has 1 amide bonds. The molecule has 0 heterocycles. The maximum absolute atomic E-state index is 12.0. The normalized spacial score (nSPS) is 13.1. The van der Waals surface area contributed by atoms with Gasteiger partial charge in [-0.3, -0.25) is 4.79 Å². The topological polar surface area (TPSA) is 87.7 Å². The number of halogens is 1. The number of hydrogen-bond donors (Lipinski definition) is 3. The standard InChI is InChI=1S/C12H16IN3O2/c1-2-3-10(11(14)16-18)12(17)15-9-6-4-8(13)5-7-9/h4-7,10,18H,2-3H2,1H3,(H2,14,16)(H,15,17). The largest absolute Gasteiger partial charge is 0.409 e. The minimum Gasteiger partial charge on any atom is -0.409 e. The van der Waals surface area contributed by atoms with Crippen molar-refractivity contribution in [3.05, 3.63) is 27.8 Å². The number of benzene rings is 1. The van der Waals surface area contributed by atoms with E-state index >= 15 is 0 Å². The fourth-order valence-electron chi connectivity index (χ4n) is 1.53. The summed E-state index contributed by atoms with van der Waals surface area (Å²) in [5.74, 6) is -0.910. The van der Waals surface area contributed by atoms with Crippen molar-refractivity contribution in [3.63, 3.8) is 0 Å². The van der Waals surface area contributed by atoms with Crippen molar-refractivity contribution < 1.29 is 10.0 Å². The molecular formula is C12H16IN3O2. The summed E-state index contributed by atoms with van der Waals surface area (Å²) in [7, 11) is 0. The van der Waals surface area contributed by atoms with Gasteiger partial charge in [-0.25, -0.2) is 0 Å². The van der Waals surface area contributed by atoms with E-state index in [1.54, 1.807) is 0 Å². The van der Waals surface area contributed by atoms with Crippen LogP contribution in [-0.2, 0) is 4.79 Å². The van der Waals surface area contributed by atoms with Gasteiger partial charge in [-0.1, -0.05) is 18.5 Å². The zero-order chi connectivity index (χ0) is 13.5. The van der Waals surface area contributed by atoms with E-state index in [0.717, 1.165) is 9.99 Å². The molecule has 1 atom stereocenters. The fraction of sp³-hybridized carbons (Fsp3) is 0.333. The predicted molar refractivity (Wildman–Crippen MR) is 79.6 cm³/mol. The maximum Gasteiger partial charge on any atom is 0.235 e. The van der Waals surface area contributed by atoms with Crippen LogP contribution < -0.4 is 11.1 Å². The van der Waals surface area contributed by atoms with Gasteiger partial charge in [0.2, 0.25) is 5.91 Å². The van der Waals surface area contributed by atoms with Crippen molar-refractivity contribution in [1.29, 1.82) is 0 Å². The minimum absolute atomic E-state index is 0.0557. The van der Waals surface area contributed by atoms with Crippen molar-refractivity contribution in [3.8, 4) is 0 Å². The van der Waals surface area contributed by atoms with Crippen LogP contribution in [0.15, 0.2) is 29.4 Å². The molecule has 1 unspecified atom stereocenters. The summed E-state index contributed by atoms with van der Waals surface area (Å²) in [6.07, 6.45) is 1.33. The average Bonchev–Trinajstić information content (AvgIpc) is 2.37. The number of anilines is 1. The summed E-state index contributed by atoms with van der Waals surface area (Å²) < 4.78 is 1.09. The minimum atomic E-state index is -0.598. The Morgan fingerprint density at radius 2 is 2.11 bits per heavy atom. The molecule has 0 fully saturated rings. The second-order valence-corrected chi connectivity index (χ2v) is 5.11. The third-order valence-corrected chi connectivity index (χ3v) is 3.20. The van der Waals surface area contributed by atoms with Gasteiger partial charge in [0.15, 0.2) is 5.84 Å². The van der Waals surface area contributed by atoms with Gasteiger partial charge in [0.05, 0.1) is 5.92 Å². The Balaban J connectivity index is 2.75.